The lowest BCUT2D eigenvalue weighted by molar-refractivity contribution is 0.0831. The van der Waals surface area contributed by atoms with E-state index in [1.54, 1.807) is 19.1 Å². The number of aromatic nitrogens is 1. The smallest absolute Gasteiger partial charge is 0.305 e. The highest BCUT2D eigenvalue weighted by Crippen LogP contribution is 2.24. The molecule has 0 aliphatic heterocycles. The first-order valence-electron chi connectivity index (χ1n) is 6.84. The number of hydrogen-bond donors (Lipinski definition) is 3. The van der Waals surface area contributed by atoms with Crippen LogP contribution in [0.3, 0.4) is 0 Å². The van der Waals surface area contributed by atoms with Crippen molar-refractivity contribution in [2.45, 2.75) is 6.92 Å². The van der Waals surface area contributed by atoms with E-state index in [-0.39, 0.29) is 11.3 Å². The first kappa shape index (κ1) is 14.6. The number of furan rings is 1. The van der Waals surface area contributed by atoms with E-state index in [1.807, 2.05) is 12.1 Å². The van der Waals surface area contributed by atoms with Crippen LogP contribution >= 0.6 is 0 Å². The van der Waals surface area contributed by atoms with Crippen LogP contribution in [0.15, 0.2) is 51.8 Å². The standard InChI is InChI=1S/C16H13N3O4/c1-9-10-5-2-3-7-12(10)23-13(9)16(22)19-18-15(21)11-6-4-8-17-14(11)20/h2-8H,1H3,(H,17,20)(H,18,21)(H,19,22). The van der Waals surface area contributed by atoms with Crippen molar-refractivity contribution in [3.8, 4) is 0 Å². The third kappa shape index (κ3) is 2.71. The molecule has 2 heterocycles. The van der Waals surface area contributed by atoms with E-state index in [1.165, 1.54) is 18.3 Å². The fraction of sp³-hybridized carbons (Fsp3) is 0.0625. The number of rotatable bonds is 2. The normalized spacial score (nSPS) is 10.5. The number of aryl methyl sites for hydroxylation is 1. The highest BCUT2D eigenvalue weighted by molar-refractivity contribution is 6.01. The van der Waals surface area contributed by atoms with E-state index >= 15 is 0 Å². The van der Waals surface area contributed by atoms with Gasteiger partial charge in [0.2, 0.25) is 0 Å². The number of H-pyrrole nitrogens is 1. The third-order valence-electron chi connectivity index (χ3n) is 3.40. The molecule has 0 bridgehead atoms. The fourth-order valence-electron chi connectivity index (χ4n) is 2.23. The lowest BCUT2D eigenvalue weighted by Gasteiger charge is -2.05. The molecule has 0 aliphatic rings. The number of nitrogens with one attached hydrogen (secondary N) is 3. The van der Waals surface area contributed by atoms with Gasteiger partial charge in [-0.05, 0) is 25.1 Å². The summed E-state index contributed by atoms with van der Waals surface area (Å²) in [5, 5.41) is 0.823. The van der Waals surface area contributed by atoms with Crippen molar-refractivity contribution in [3.63, 3.8) is 0 Å². The van der Waals surface area contributed by atoms with Crippen LogP contribution in [0.5, 0.6) is 0 Å². The third-order valence-corrected chi connectivity index (χ3v) is 3.40. The Hall–Kier alpha value is -3.35. The molecule has 2 aromatic heterocycles. The summed E-state index contributed by atoms with van der Waals surface area (Å²) < 4.78 is 5.49. The topological polar surface area (TPSA) is 104 Å². The molecule has 3 rings (SSSR count). The predicted molar refractivity (Wildman–Crippen MR) is 82.9 cm³/mol. The first-order chi connectivity index (χ1) is 11.1. The summed E-state index contributed by atoms with van der Waals surface area (Å²) in [4.78, 5) is 37.9. The number of fused-ring (bicyclic) bond motifs is 1. The number of carbonyl (C=O) groups excluding carboxylic acids is 2. The van der Waals surface area contributed by atoms with E-state index in [2.05, 4.69) is 15.8 Å². The van der Waals surface area contributed by atoms with Gasteiger partial charge in [-0.25, -0.2) is 0 Å². The molecule has 0 fully saturated rings. The molecule has 0 saturated carbocycles. The maximum Gasteiger partial charge on any atom is 0.305 e. The summed E-state index contributed by atoms with van der Waals surface area (Å²) in [6.07, 6.45) is 1.41. The molecule has 0 atom stereocenters. The summed E-state index contributed by atoms with van der Waals surface area (Å²) in [6.45, 7) is 1.75. The maximum absolute atomic E-state index is 12.2. The number of aromatic amines is 1. The highest BCUT2D eigenvalue weighted by atomic mass is 16.3. The van der Waals surface area contributed by atoms with Gasteiger partial charge in [0.15, 0.2) is 5.76 Å². The Balaban J connectivity index is 1.76. The fourth-order valence-corrected chi connectivity index (χ4v) is 2.23. The van der Waals surface area contributed by atoms with Gasteiger partial charge in [-0.2, -0.15) is 0 Å². The molecule has 2 amide bonds. The van der Waals surface area contributed by atoms with E-state index < -0.39 is 17.4 Å². The van der Waals surface area contributed by atoms with Crippen molar-refractivity contribution in [1.82, 2.24) is 15.8 Å². The molecule has 0 aliphatic carbocycles. The Morgan fingerprint density at radius 2 is 1.78 bits per heavy atom. The van der Waals surface area contributed by atoms with Crippen LogP contribution in [-0.4, -0.2) is 16.8 Å². The Labute approximate surface area is 130 Å². The number of pyridine rings is 1. The number of hydrazine groups is 1. The SMILES string of the molecule is Cc1c(C(=O)NNC(=O)c2ccc[nH]c2=O)oc2ccccc12. The summed E-state index contributed by atoms with van der Waals surface area (Å²) in [5.41, 5.74) is 5.04. The molecule has 7 heteroatoms. The van der Waals surface area contributed by atoms with Crippen LogP contribution in [0.2, 0.25) is 0 Å². The number of amides is 2. The minimum Gasteiger partial charge on any atom is -0.451 e. The Morgan fingerprint density at radius 1 is 1.04 bits per heavy atom. The first-order valence-corrected chi connectivity index (χ1v) is 6.84. The van der Waals surface area contributed by atoms with E-state index in [0.29, 0.717) is 11.1 Å². The van der Waals surface area contributed by atoms with Crippen LogP contribution in [0.1, 0.15) is 26.5 Å². The molecule has 3 aromatic rings. The molecular weight excluding hydrogens is 298 g/mol. The number of carbonyl (C=O) groups is 2. The molecule has 1 aromatic carbocycles. The monoisotopic (exact) mass is 311 g/mol. The summed E-state index contributed by atoms with van der Waals surface area (Å²) >= 11 is 0. The van der Waals surface area contributed by atoms with Gasteiger partial charge in [0.1, 0.15) is 11.1 Å². The van der Waals surface area contributed by atoms with Gasteiger partial charge in [-0.3, -0.25) is 25.2 Å². The summed E-state index contributed by atoms with van der Waals surface area (Å²) in [7, 11) is 0. The van der Waals surface area contributed by atoms with Gasteiger partial charge in [0.25, 0.3) is 11.5 Å². The Kier molecular flexibility index (Phi) is 3.68. The molecule has 0 spiro atoms. The van der Waals surface area contributed by atoms with E-state index in [9.17, 15) is 14.4 Å². The quantitative estimate of drug-likeness (QED) is 0.624. The zero-order chi connectivity index (χ0) is 16.4. The number of benzene rings is 1. The van der Waals surface area contributed by atoms with Crippen LogP contribution in [-0.2, 0) is 0 Å². The average molecular weight is 311 g/mol. The molecule has 0 saturated heterocycles. The molecule has 23 heavy (non-hydrogen) atoms. The number of hydrogen-bond acceptors (Lipinski definition) is 4. The maximum atomic E-state index is 12.2. The molecule has 7 nitrogen and oxygen atoms in total. The second-order valence-electron chi connectivity index (χ2n) is 4.87. The van der Waals surface area contributed by atoms with Crippen molar-refractivity contribution in [1.29, 1.82) is 0 Å². The van der Waals surface area contributed by atoms with Crippen LogP contribution in [0.25, 0.3) is 11.0 Å². The van der Waals surface area contributed by atoms with Gasteiger partial charge in [-0.1, -0.05) is 18.2 Å². The molecular formula is C16H13N3O4. The summed E-state index contributed by atoms with van der Waals surface area (Å²) in [5.74, 6) is -1.21. The van der Waals surface area contributed by atoms with Crippen molar-refractivity contribution in [2.24, 2.45) is 0 Å². The van der Waals surface area contributed by atoms with Crippen molar-refractivity contribution >= 4 is 22.8 Å². The van der Waals surface area contributed by atoms with Crippen molar-refractivity contribution < 1.29 is 14.0 Å². The molecule has 116 valence electrons. The molecule has 3 N–H and O–H groups in total. The Morgan fingerprint density at radius 3 is 2.52 bits per heavy atom. The van der Waals surface area contributed by atoms with Crippen LogP contribution in [0, 0.1) is 6.92 Å². The molecule has 0 radical (unpaired) electrons. The predicted octanol–water partition coefficient (Wildman–Crippen LogP) is 1.50. The van der Waals surface area contributed by atoms with Gasteiger partial charge in [-0.15, -0.1) is 0 Å². The van der Waals surface area contributed by atoms with E-state index in [4.69, 9.17) is 4.42 Å². The second-order valence-corrected chi connectivity index (χ2v) is 4.87. The zero-order valence-corrected chi connectivity index (χ0v) is 12.2. The van der Waals surface area contributed by atoms with Gasteiger partial charge in [0.05, 0.1) is 0 Å². The van der Waals surface area contributed by atoms with Gasteiger partial charge >= 0.3 is 5.91 Å². The minimum atomic E-state index is -0.714. The summed E-state index contributed by atoms with van der Waals surface area (Å²) in [6, 6.07) is 10.1. The second kappa shape index (κ2) is 5.80. The van der Waals surface area contributed by atoms with Crippen LogP contribution < -0.4 is 16.4 Å². The minimum absolute atomic E-state index is 0.103. The highest BCUT2D eigenvalue weighted by Gasteiger charge is 2.18. The zero-order valence-electron chi connectivity index (χ0n) is 12.2. The molecule has 0 unspecified atom stereocenters. The van der Waals surface area contributed by atoms with Gasteiger partial charge < -0.3 is 9.40 Å². The lowest BCUT2D eigenvalue weighted by atomic mass is 10.1. The number of para-hydroxylation sites is 1. The van der Waals surface area contributed by atoms with Crippen molar-refractivity contribution in [3.05, 3.63) is 69.8 Å². The van der Waals surface area contributed by atoms with Crippen LogP contribution in [0.4, 0.5) is 0 Å². The van der Waals surface area contributed by atoms with E-state index in [0.717, 1.165) is 5.39 Å². The lowest BCUT2D eigenvalue weighted by Crippen LogP contribution is -2.43. The Bertz CT molecular complexity index is 955. The van der Waals surface area contributed by atoms with Crippen molar-refractivity contribution in [2.75, 3.05) is 0 Å². The van der Waals surface area contributed by atoms with Gasteiger partial charge in [0, 0.05) is 17.1 Å². The largest absolute Gasteiger partial charge is 0.451 e. The average Bonchev–Trinajstić information content (AvgIpc) is 2.90.